The van der Waals surface area contributed by atoms with Crippen LogP contribution in [0.3, 0.4) is 0 Å². The summed E-state index contributed by atoms with van der Waals surface area (Å²) < 4.78 is 0. The molecule has 1 amide bonds. The van der Waals surface area contributed by atoms with E-state index in [9.17, 15) is 9.59 Å². The average Bonchev–Trinajstić information content (AvgIpc) is 2.94. The van der Waals surface area contributed by atoms with Crippen molar-refractivity contribution in [2.45, 2.75) is 31.3 Å². The molecule has 0 bridgehead atoms. The minimum Gasteiger partial charge on any atom is -0.481 e. The molecule has 5 heteroatoms. The van der Waals surface area contributed by atoms with E-state index in [1.54, 1.807) is 12.2 Å². The number of amides is 1. The fourth-order valence-corrected chi connectivity index (χ4v) is 2.42. The van der Waals surface area contributed by atoms with Crippen molar-refractivity contribution in [2.24, 2.45) is 11.7 Å². The zero-order valence-corrected chi connectivity index (χ0v) is 11.7. The highest BCUT2D eigenvalue weighted by atomic mass is 16.4. The highest BCUT2D eigenvalue weighted by Crippen LogP contribution is 2.19. The third-order valence-corrected chi connectivity index (χ3v) is 3.66. The molecule has 0 aromatic heterocycles. The van der Waals surface area contributed by atoms with E-state index in [4.69, 9.17) is 10.8 Å². The first-order valence-electron chi connectivity index (χ1n) is 7.07. The number of aliphatic carboxylic acids is 1. The Kier molecular flexibility index (Phi) is 5.11. The number of benzene rings is 1. The van der Waals surface area contributed by atoms with E-state index in [0.29, 0.717) is 19.3 Å². The van der Waals surface area contributed by atoms with Crippen molar-refractivity contribution >= 4 is 11.9 Å². The standard InChI is InChI=1S/C16H20N2O3/c17-14(11-4-2-1-3-5-11)8-9-15(19)18-13-7-6-12(10-13)16(20)21/h1-7,12-14H,8-10,17H2,(H,18,19)(H,20,21). The van der Waals surface area contributed by atoms with Gasteiger partial charge in [0.15, 0.2) is 0 Å². The third kappa shape index (κ3) is 4.43. The Bertz CT molecular complexity index is 528. The maximum absolute atomic E-state index is 11.9. The van der Waals surface area contributed by atoms with Crippen LogP contribution >= 0.6 is 0 Å². The number of carbonyl (C=O) groups excluding carboxylic acids is 1. The van der Waals surface area contributed by atoms with E-state index in [0.717, 1.165) is 5.56 Å². The van der Waals surface area contributed by atoms with Gasteiger partial charge in [-0.2, -0.15) is 0 Å². The van der Waals surface area contributed by atoms with Crippen molar-refractivity contribution in [1.29, 1.82) is 0 Å². The number of nitrogens with one attached hydrogen (secondary N) is 1. The smallest absolute Gasteiger partial charge is 0.310 e. The van der Waals surface area contributed by atoms with Crippen LogP contribution in [0.25, 0.3) is 0 Å². The van der Waals surface area contributed by atoms with Gasteiger partial charge in [0.1, 0.15) is 0 Å². The van der Waals surface area contributed by atoms with Crippen LogP contribution in [0.4, 0.5) is 0 Å². The first-order chi connectivity index (χ1) is 10.1. The molecule has 0 aliphatic heterocycles. The molecule has 3 atom stereocenters. The second kappa shape index (κ2) is 7.04. The van der Waals surface area contributed by atoms with Gasteiger partial charge < -0.3 is 16.2 Å². The molecule has 0 spiro atoms. The van der Waals surface area contributed by atoms with Crippen molar-refractivity contribution < 1.29 is 14.7 Å². The Morgan fingerprint density at radius 1 is 1.29 bits per heavy atom. The molecular formula is C16H20N2O3. The SMILES string of the molecule is NC(CCC(=O)NC1C=CC(C(=O)O)C1)c1ccccc1. The molecule has 0 fully saturated rings. The summed E-state index contributed by atoms with van der Waals surface area (Å²) in [7, 11) is 0. The van der Waals surface area contributed by atoms with Gasteiger partial charge in [0.05, 0.1) is 5.92 Å². The molecule has 112 valence electrons. The number of hydrogen-bond acceptors (Lipinski definition) is 3. The van der Waals surface area contributed by atoms with Crippen molar-refractivity contribution in [3.05, 3.63) is 48.0 Å². The zero-order valence-electron chi connectivity index (χ0n) is 11.7. The fraction of sp³-hybridized carbons (Fsp3) is 0.375. The number of rotatable bonds is 6. The third-order valence-electron chi connectivity index (χ3n) is 3.66. The molecule has 1 aliphatic rings. The largest absolute Gasteiger partial charge is 0.481 e. The number of hydrogen-bond donors (Lipinski definition) is 3. The lowest BCUT2D eigenvalue weighted by molar-refractivity contribution is -0.140. The minimum absolute atomic E-state index is 0.0953. The molecule has 5 nitrogen and oxygen atoms in total. The lowest BCUT2D eigenvalue weighted by Gasteiger charge is -2.14. The molecule has 0 saturated heterocycles. The molecule has 0 heterocycles. The summed E-state index contributed by atoms with van der Waals surface area (Å²) in [6.07, 6.45) is 4.69. The zero-order chi connectivity index (χ0) is 15.2. The van der Waals surface area contributed by atoms with E-state index in [1.165, 1.54) is 0 Å². The van der Waals surface area contributed by atoms with Crippen LogP contribution in [0.1, 0.15) is 30.9 Å². The molecular weight excluding hydrogens is 268 g/mol. The Balaban J connectivity index is 1.73. The maximum atomic E-state index is 11.9. The van der Waals surface area contributed by atoms with Gasteiger partial charge in [-0.05, 0) is 18.4 Å². The summed E-state index contributed by atoms with van der Waals surface area (Å²) in [6, 6.07) is 9.30. The van der Waals surface area contributed by atoms with Gasteiger partial charge in [-0.1, -0.05) is 42.5 Å². The van der Waals surface area contributed by atoms with Crippen LogP contribution in [-0.2, 0) is 9.59 Å². The Morgan fingerprint density at radius 3 is 2.62 bits per heavy atom. The van der Waals surface area contributed by atoms with Crippen LogP contribution in [0, 0.1) is 5.92 Å². The number of carboxylic acids is 1. The quantitative estimate of drug-likeness (QED) is 0.693. The van der Waals surface area contributed by atoms with Gasteiger partial charge in [0.2, 0.25) is 5.91 Å². The molecule has 4 N–H and O–H groups in total. The summed E-state index contributed by atoms with van der Waals surface area (Å²) in [5.41, 5.74) is 7.05. The average molecular weight is 288 g/mol. The van der Waals surface area contributed by atoms with Crippen LogP contribution in [0.5, 0.6) is 0 Å². The Morgan fingerprint density at radius 2 is 2.00 bits per heavy atom. The van der Waals surface area contributed by atoms with E-state index in [2.05, 4.69) is 5.32 Å². The lowest BCUT2D eigenvalue weighted by atomic mass is 10.0. The predicted octanol–water partition coefficient (Wildman–Crippen LogP) is 1.61. The first kappa shape index (κ1) is 15.3. The minimum atomic E-state index is -0.853. The Labute approximate surface area is 123 Å². The van der Waals surface area contributed by atoms with Gasteiger partial charge in [-0.3, -0.25) is 9.59 Å². The molecule has 0 saturated carbocycles. The second-order valence-corrected chi connectivity index (χ2v) is 5.30. The molecule has 2 rings (SSSR count). The second-order valence-electron chi connectivity index (χ2n) is 5.30. The normalized spacial score (nSPS) is 22.0. The summed E-state index contributed by atoms with van der Waals surface area (Å²) >= 11 is 0. The highest BCUT2D eigenvalue weighted by molar-refractivity contribution is 5.77. The summed E-state index contributed by atoms with van der Waals surface area (Å²) in [4.78, 5) is 22.7. The molecule has 0 radical (unpaired) electrons. The van der Waals surface area contributed by atoms with Crippen LogP contribution in [0.15, 0.2) is 42.5 Å². The molecule has 1 aromatic rings. The van der Waals surface area contributed by atoms with Gasteiger partial charge in [0.25, 0.3) is 0 Å². The van der Waals surface area contributed by atoms with Gasteiger partial charge in [-0.15, -0.1) is 0 Å². The fourth-order valence-electron chi connectivity index (χ4n) is 2.42. The van der Waals surface area contributed by atoms with Crippen LogP contribution in [0.2, 0.25) is 0 Å². The molecule has 21 heavy (non-hydrogen) atoms. The Hall–Kier alpha value is -2.14. The maximum Gasteiger partial charge on any atom is 0.310 e. The predicted molar refractivity (Wildman–Crippen MR) is 79.4 cm³/mol. The lowest BCUT2D eigenvalue weighted by Crippen LogP contribution is -2.33. The van der Waals surface area contributed by atoms with Crippen molar-refractivity contribution in [1.82, 2.24) is 5.32 Å². The van der Waals surface area contributed by atoms with Crippen molar-refractivity contribution in [2.75, 3.05) is 0 Å². The van der Waals surface area contributed by atoms with Crippen molar-refractivity contribution in [3.8, 4) is 0 Å². The van der Waals surface area contributed by atoms with Gasteiger partial charge >= 0.3 is 5.97 Å². The van der Waals surface area contributed by atoms with Crippen molar-refractivity contribution in [3.63, 3.8) is 0 Å². The van der Waals surface area contributed by atoms with Gasteiger partial charge in [-0.25, -0.2) is 0 Å². The molecule has 1 aromatic carbocycles. The monoisotopic (exact) mass is 288 g/mol. The van der Waals surface area contributed by atoms with E-state index in [-0.39, 0.29) is 18.0 Å². The number of carboxylic acid groups (broad SMARTS) is 1. The van der Waals surface area contributed by atoms with Gasteiger partial charge in [0, 0.05) is 18.5 Å². The summed E-state index contributed by atoms with van der Waals surface area (Å²) in [6.45, 7) is 0. The molecule has 1 aliphatic carbocycles. The highest BCUT2D eigenvalue weighted by Gasteiger charge is 2.25. The van der Waals surface area contributed by atoms with Crippen LogP contribution < -0.4 is 11.1 Å². The first-order valence-corrected chi connectivity index (χ1v) is 7.07. The van der Waals surface area contributed by atoms with E-state index >= 15 is 0 Å². The summed E-state index contributed by atoms with van der Waals surface area (Å²) in [5.74, 6) is -1.45. The topological polar surface area (TPSA) is 92.4 Å². The summed E-state index contributed by atoms with van der Waals surface area (Å²) in [5, 5.41) is 11.7. The van der Waals surface area contributed by atoms with E-state index < -0.39 is 11.9 Å². The van der Waals surface area contributed by atoms with Crippen LogP contribution in [-0.4, -0.2) is 23.0 Å². The number of carbonyl (C=O) groups is 2. The number of nitrogens with two attached hydrogens (primary N) is 1. The van der Waals surface area contributed by atoms with E-state index in [1.807, 2.05) is 30.3 Å². The molecule has 3 unspecified atom stereocenters.